The molecular formula is C29H24N6O2S. The third-order valence-corrected chi connectivity index (χ3v) is 7.33. The van der Waals surface area contributed by atoms with Crippen LogP contribution < -0.4 is 4.74 Å². The molecule has 9 heteroatoms. The number of thioether (sulfide) groups is 1. The number of aromatic nitrogens is 2. The van der Waals surface area contributed by atoms with Gasteiger partial charge in [0.1, 0.15) is 10.8 Å². The van der Waals surface area contributed by atoms with E-state index in [4.69, 9.17) is 10.1 Å². The van der Waals surface area contributed by atoms with Crippen LogP contribution in [0.5, 0.6) is 5.75 Å². The smallest absolute Gasteiger partial charge is 0.283 e. The van der Waals surface area contributed by atoms with Crippen LogP contribution in [-0.4, -0.2) is 43.1 Å². The lowest BCUT2D eigenvalue weighted by molar-refractivity contribution is -0.114. The Morgan fingerprint density at radius 1 is 1.08 bits per heavy atom. The summed E-state index contributed by atoms with van der Waals surface area (Å²) in [6.07, 6.45) is 7.98. The van der Waals surface area contributed by atoms with Crippen LogP contribution in [0, 0.1) is 12.3 Å². The van der Waals surface area contributed by atoms with Crippen molar-refractivity contribution in [3.05, 3.63) is 102 Å². The highest BCUT2D eigenvalue weighted by molar-refractivity contribution is 8.27. The van der Waals surface area contributed by atoms with E-state index >= 15 is 0 Å². The number of para-hydroxylation sites is 2. The molecule has 38 heavy (non-hydrogen) atoms. The summed E-state index contributed by atoms with van der Waals surface area (Å²) in [6.45, 7) is 3.39. The number of carbonyl (C=O) groups is 1. The molecule has 0 bridgehead atoms. The van der Waals surface area contributed by atoms with Gasteiger partial charge >= 0.3 is 0 Å². The van der Waals surface area contributed by atoms with E-state index in [1.165, 1.54) is 16.8 Å². The van der Waals surface area contributed by atoms with Crippen molar-refractivity contribution in [2.75, 3.05) is 6.61 Å². The van der Waals surface area contributed by atoms with E-state index in [9.17, 15) is 4.79 Å². The van der Waals surface area contributed by atoms with Crippen molar-refractivity contribution in [2.24, 2.45) is 10.1 Å². The van der Waals surface area contributed by atoms with Crippen molar-refractivity contribution < 1.29 is 9.53 Å². The van der Waals surface area contributed by atoms with Gasteiger partial charge in [-0.15, -0.1) is 0 Å². The zero-order chi connectivity index (χ0) is 26.1. The molecule has 1 amide bonds. The van der Waals surface area contributed by atoms with Gasteiger partial charge in [0, 0.05) is 47.2 Å². The number of amides is 1. The second-order valence-electron chi connectivity index (χ2n) is 8.93. The van der Waals surface area contributed by atoms with Gasteiger partial charge in [-0.2, -0.15) is 15.1 Å². The van der Waals surface area contributed by atoms with E-state index in [1.807, 2.05) is 67.7 Å². The predicted octanol–water partition coefficient (Wildman–Crippen LogP) is 5.48. The van der Waals surface area contributed by atoms with Gasteiger partial charge in [0.2, 0.25) is 5.17 Å². The number of nitrogens with one attached hydrogen (secondary N) is 1. The molecule has 0 saturated heterocycles. The average molecular weight is 521 g/mol. The molecule has 0 spiro atoms. The van der Waals surface area contributed by atoms with Crippen molar-refractivity contribution in [1.82, 2.24) is 14.6 Å². The molecule has 0 fully saturated rings. The van der Waals surface area contributed by atoms with Crippen molar-refractivity contribution in [1.29, 1.82) is 5.41 Å². The highest BCUT2D eigenvalue weighted by Gasteiger charge is 2.36. The first kappa shape index (κ1) is 23.9. The minimum Gasteiger partial charge on any atom is -0.493 e. The lowest BCUT2D eigenvalue weighted by Gasteiger charge is -2.20. The van der Waals surface area contributed by atoms with Crippen molar-refractivity contribution in [2.45, 2.75) is 19.9 Å². The molecule has 8 nitrogen and oxygen atoms in total. The molecule has 0 aliphatic carbocycles. The first-order valence-electron chi connectivity index (χ1n) is 12.3. The predicted molar refractivity (Wildman–Crippen MR) is 152 cm³/mol. The van der Waals surface area contributed by atoms with E-state index in [0.717, 1.165) is 46.3 Å². The van der Waals surface area contributed by atoms with E-state index < -0.39 is 5.91 Å². The normalized spacial score (nSPS) is 16.1. The maximum atomic E-state index is 13.0. The van der Waals surface area contributed by atoms with E-state index in [1.54, 1.807) is 18.5 Å². The molecule has 188 valence electrons. The molecule has 0 saturated carbocycles. The number of amidine groups is 2. The van der Waals surface area contributed by atoms with Gasteiger partial charge in [0.15, 0.2) is 5.84 Å². The molecule has 1 N–H and O–H groups in total. The first-order valence-corrected chi connectivity index (χ1v) is 13.1. The maximum Gasteiger partial charge on any atom is 0.283 e. The number of carbonyl (C=O) groups excluding carboxylic acids is 1. The van der Waals surface area contributed by atoms with Gasteiger partial charge in [0.25, 0.3) is 5.91 Å². The molecule has 4 aromatic rings. The van der Waals surface area contributed by atoms with Gasteiger partial charge in [0.05, 0.1) is 12.2 Å². The Morgan fingerprint density at radius 2 is 1.92 bits per heavy atom. The number of aliphatic imine (C=N–C) groups is 1. The van der Waals surface area contributed by atoms with Crippen LogP contribution in [0.2, 0.25) is 0 Å². The summed E-state index contributed by atoms with van der Waals surface area (Å²) in [5.74, 6) is 0.466. The molecule has 0 atom stereocenters. The molecule has 0 unspecified atom stereocenters. The average Bonchev–Trinajstić information content (AvgIpc) is 3.52. The molecule has 6 rings (SSSR count). The highest BCUT2D eigenvalue weighted by Crippen LogP contribution is 2.32. The van der Waals surface area contributed by atoms with Crippen LogP contribution in [-0.2, 0) is 11.3 Å². The van der Waals surface area contributed by atoms with E-state index in [0.29, 0.717) is 16.8 Å². The van der Waals surface area contributed by atoms with Crippen LogP contribution in [0.4, 0.5) is 0 Å². The first-order chi connectivity index (χ1) is 18.6. The molecule has 2 aromatic heterocycles. The number of hydrogen-bond acceptors (Lipinski definition) is 6. The summed E-state index contributed by atoms with van der Waals surface area (Å²) >= 11 is 1.26. The number of hydrogen-bond donors (Lipinski definition) is 1. The number of rotatable bonds is 7. The number of benzene rings is 2. The highest BCUT2D eigenvalue weighted by atomic mass is 32.2. The lowest BCUT2D eigenvalue weighted by atomic mass is 10.1. The fourth-order valence-corrected chi connectivity index (χ4v) is 5.35. The molecule has 0 radical (unpaired) electrons. The van der Waals surface area contributed by atoms with E-state index in [2.05, 4.69) is 25.7 Å². The molecule has 2 aliphatic rings. The van der Waals surface area contributed by atoms with Crippen LogP contribution in [0.15, 0.2) is 94.9 Å². The zero-order valence-corrected chi connectivity index (χ0v) is 21.5. The third kappa shape index (κ3) is 4.52. The van der Waals surface area contributed by atoms with Gasteiger partial charge in [-0.05, 0) is 61.0 Å². The Labute approximate surface area is 223 Å². The largest absolute Gasteiger partial charge is 0.493 e. The summed E-state index contributed by atoms with van der Waals surface area (Å²) < 4.78 is 8.14. The van der Waals surface area contributed by atoms with Gasteiger partial charge in [-0.3, -0.25) is 15.2 Å². The van der Waals surface area contributed by atoms with E-state index in [-0.39, 0.29) is 11.4 Å². The van der Waals surface area contributed by atoms with Crippen molar-refractivity contribution >= 4 is 50.7 Å². The molecule has 2 aliphatic heterocycles. The van der Waals surface area contributed by atoms with Crippen molar-refractivity contribution in [3.8, 4) is 5.75 Å². The Hall–Kier alpha value is -4.50. The molecule has 2 aromatic carbocycles. The number of pyridine rings is 1. The second-order valence-corrected chi connectivity index (χ2v) is 9.89. The number of aryl methyl sites for hydroxylation is 2. The summed E-state index contributed by atoms with van der Waals surface area (Å²) in [6, 6.07) is 19.8. The van der Waals surface area contributed by atoms with Gasteiger partial charge < -0.3 is 9.30 Å². The Morgan fingerprint density at radius 3 is 2.76 bits per heavy atom. The Kier molecular flexibility index (Phi) is 6.35. The lowest BCUT2D eigenvalue weighted by Crippen LogP contribution is -2.35. The van der Waals surface area contributed by atoms with Gasteiger partial charge in [-0.25, -0.2) is 0 Å². The molecular weight excluding hydrogens is 496 g/mol. The minimum absolute atomic E-state index is 0.00912. The maximum absolute atomic E-state index is 13.0. The summed E-state index contributed by atoms with van der Waals surface area (Å²) in [4.78, 5) is 21.4. The number of fused-ring (bicyclic) bond motifs is 2. The summed E-state index contributed by atoms with van der Waals surface area (Å²) in [5, 5.41) is 16.8. The van der Waals surface area contributed by atoms with Crippen LogP contribution in [0.25, 0.3) is 17.0 Å². The van der Waals surface area contributed by atoms with Crippen LogP contribution >= 0.6 is 11.8 Å². The third-order valence-electron chi connectivity index (χ3n) is 6.38. The number of nitrogens with zero attached hydrogens (tertiary/aromatic N) is 5. The summed E-state index contributed by atoms with van der Waals surface area (Å²) in [7, 11) is 0. The fourth-order valence-electron chi connectivity index (χ4n) is 4.46. The van der Waals surface area contributed by atoms with Crippen LogP contribution in [0.1, 0.15) is 23.1 Å². The Balaban J connectivity index is 1.24. The second kappa shape index (κ2) is 10.1. The zero-order valence-electron chi connectivity index (χ0n) is 20.7. The number of ether oxygens (including phenoxy) is 1. The number of hydrazone groups is 1. The van der Waals surface area contributed by atoms with Crippen molar-refractivity contribution in [3.63, 3.8) is 0 Å². The fraction of sp³-hybridized carbons (Fsp3) is 0.138. The SMILES string of the molecule is Cc1ccccc1OCCCn1cc(C=C2C(=N)N3N=C(c4cccnc4)SC3=NC2=O)c2ccccc21. The van der Waals surface area contributed by atoms with Gasteiger partial charge in [-0.1, -0.05) is 36.4 Å². The topological polar surface area (TPSA) is 95.9 Å². The standard InChI is InChI=1S/C29H24N6O2S/c1-19-8-2-5-12-25(19)37-15-7-14-34-18-21(22-10-3-4-11-24(22)34)16-23-26(30)35-29(32-27(23)36)38-28(33-35)20-9-6-13-31-17-20/h2-6,8-13,16-18,30H,7,14-15H2,1H3. The Bertz CT molecular complexity index is 1650. The monoisotopic (exact) mass is 520 g/mol. The quantitative estimate of drug-likeness (QED) is 0.257. The summed E-state index contributed by atoms with van der Waals surface area (Å²) in [5.41, 5.74) is 4.05. The van der Waals surface area contributed by atoms with Crippen LogP contribution in [0.3, 0.4) is 0 Å². The molecule has 4 heterocycles. The minimum atomic E-state index is -0.445.